The third kappa shape index (κ3) is 20.9. The lowest BCUT2D eigenvalue weighted by Gasteiger charge is -2.19. The van der Waals surface area contributed by atoms with Crippen LogP contribution in [0.1, 0.15) is 191 Å². The molecule has 490 valence electrons. The van der Waals surface area contributed by atoms with E-state index in [4.69, 9.17) is 33.2 Å². The number of carbonyl (C=O) groups excluding carboxylic acids is 4. The summed E-state index contributed by atoms with van der Waals surface area (Å²) in [5.74, 6) is 33.9. The van der Waals surface area contributed by atoms with Crippen molar-refractivity contribution < 1.29 is 78.1 Å². The molecular weight excluding hydrogens is 1250 g/mol. The summed E-state index contributed by atoms with van der Waals surface area (Å²) in [4.78, 5) is 51.3. The van der Waals surface area contributed by atoms with Crippen molar-refractivity contribution in [2.24, 2.45) is 0 Å². The number of carbonyl (C=O) groups is 4. The van der Waals surface area contributed by atoms with Gasteiger partial charge < -0.3 is 37.3 Å². The molecule has 14 nitrogen and oxygen atoms in total. The van der Waals surface area contributed by atoms with E-state index in [0.717, 1.165) is 19.2 Å². The highest BCUT2D eigenvalue weighted by Crippen LogP contribution is 2.36. The van der Waals surface area contributed by atoms with Gasteiger partial charge in [0, 0.05) is 67.8 Å². The Morgan fingerprint density at radius 1 is 0.302 bits per heavy atom. The van der Waals surface area contributed by atoms with Crippen molar-refractivity contribution in [1.29, 1.82) is 0 Å². The average Bonchev–Trinajstić information content (AvgIpc) is 0.803. The van der Waals surface area contributed by atoms with Gasteiger partial charge in [0.05, 0.1) is 54.7 Å². The first kappa shape index (κ1) is 72.2. The maximum atomic E-state index is 13.9. The van der Waals surface area contributed by atoms with E-state index in [0.29, 0.717) is 66.8 Å². The first-order valence-electron chi connectivity index (χ1n) is 29.5. The normalized spacial score (nSPS) is 11.2. The van der Waals surface area contributed by atoms with Crippen LogP contribution >= 0.6 is 0 Å². The van der Waals surface area contributed by atoms with Crippen molar-refractivity contribution in [3.8, 4) is 94.0 Å². The van der Waals surface area contributed by atoms with E-state index >= 15 is 0 Å². The minimum absolute atomic E-state index is 0.00329. The summed E-state index contributed by atoms with van der Waals surface area (Å²) in [6.07, 6.45) is 0. The number of hydrogen-bond acceptors (Lipinski definition) is 14. The number of ether oxygens (including phenoxy) is 7. The Bertz CT molecular complexity index is 4680. The van der Waals surface area contributed by atoms with Crippen LogP contribution in [0.15, 0.2) is 133 Å². The highest BCUT2D eigenvalue weighted by atomic mass is 32.2. The Balaban J connectivity index is 1.39. The van der Waals surface area contributed by atoms with Crippen molar-refractivity contribution in [2.75, 3.05) is 21.3 Å². The van der Waals surface area contributed by atoms with Crippen molar-refractivity contribution in [3.05, 3.63) is 222 Å². The summed E-state index contributed by atoms with van der Waals surface area (Å²) in [7, 11) is -2.40. The summed E-state index contributed by atoms with van der Waals surface area (Å²) in [6.45, 7) is 21.1. The summed E-state index contributed by atoms with van der Waals surface area (Å²) in [5, 5.41) is 0. The zero-order valence-electron chi connectivity index (χ0n) is 55.5. The summed E-state index contributed by atoms with van der Waals surface area (Å²) in [6, 6.07) is 34.3. The van der Waals surface area contributed by atoms with Gasteiger partial charge >= 0.3 is 39.5 Å². The van der Waals surface area contributed by atoms with Gasteiger partial charge in [-0.2, -0.15) is 21.6 Å². The largest absolute Gasteiger partial charge is 0.534 e. The molecule has 0 unspecified atom stereocenters. The van der Waals surface area contributed by atoms with Crippen LogP contribution in [0, 0.1) is 71.0 Å². The van der Waals surface area contributed by atoms with Crippen LogP contribution in [0.25, 0.3) is 0 Å². The average molecular weight is 1320 g/mol. The van der Waals surface area contributed by atoms with Crippen LogP contribution in [0.3, 0.4) is 0 Å². The topological polar surface area (TPSA) is 176 Å². The fourth-order valence-corrected chi connectivity index (χ4v) is 8.66. The van der Waals surface area contributed by atoms with Crippen LogP contribution in [0.2, 0.25) is 0 Å². The molecule has 0 fully saturated rings. The van der Waals surface area contributed by atoms with E-state index in [-0.39, 0.29) is 33.8 Å². The predicted molar refractivity (Wildman–Crippen MR) is 357 cm³/mol. The van der Waals surface area contributed by atoms with E-state index in [2.05, 4.69) is 75.2 Å². The van der Waals surface area contributed by atoms with E-state index in [1.54, 1.807) is 204 Å². The van der Waals surface area contributed by atoms with Gasteiger partial charge in [-0.25, -0.2) is 19.2 Å². The number of methoxy groups -OCH3 is 3. The molecule has 0 radical (unpaired) electrons. The second-order valence-electron chi connectivity index (χ2n) is 25.0. The molecule has 18 heteroatoms. The molecule has 7 aromatic carbocycles. The smallest absolute Gasteiger partial charge is 0.495 e. The van der Waals surface area contributed by atoms with Gasteiger partial charge in [-0.1, -0.05) is 71.0 Å². The molecule has 0 aromatic heterocycles. The maximum Gasteiger partial charge on any atom is 0.534 e. The van der Waals surface area contributed by atoms with E-state index < -0.39 is 73.4 Å². The number of halogens is 3. The Hall–Kier alpha value is -11.3. The molecule has 96 heavy (non-hydrogen) atoms. The molecule has 0 aliphatic carbocycles. The minimum Gasteiger partial charge on any atom is -0.495 e. The van der Waals surface area contributed by atoms with Crippen LogP contribution in [0.5, 0.6) is 23.0 Å². The molecule has 0 N–H and O–H groups in total. The van der Waals surface area contributed by atoms with Crippen molar-refractivity contribution >= 4 is 34.0 Å². The summed E-state index contributed by atoms with van der Waals surface area (Å²) >= 11 is 0. The van der Waals surface area contributed by atoms with Gasteiger partial charge in [0.15, 0.2) is 11.5 Å². The van der Waals surface area contributed by atoms with Gasteiger partial charge in [-0.05, 0) is 204 Å². The molecule has 0 bridgehead atoms. The minimum atomic E-state index is -6.26. The zero-order valence-corrected chi connectivity index (χ0v) is 56.3. The molecule has 7 aromatic rings. The van der Waals surface area contributed by atoms with E-state index in [9.17, 15) is 40.8 Å². The predicted octanol–water partition coefficient (Wildman–Crippen LogP) is 14.2. The Labute approximate surface area is 558 Å². The zero-order chi connectivity index (χ0) is 70.6. The van der Waals surface area contributed by atoms with Crippen LogP contribution < -0.4 is 18.4 Å². The second-order valence-corrected chi connectivity index (χ2v) is 26.6. The molecular formula is C78H67F3O14S. The van der Waals surface area contributed by atoms with Gasteiger partial charge in [0.25, 0.3) is 0 Å². The standard InChI is InChI=1S/C78H67F3O14S/c1-74(2,3)91-70(82)54-28-16-50(17-29-54)24-36-58-44-64(66(88-13)46-60(58)38-26-52-20-32-56(33-21-52)72(84)93-76(7,8)9)42-40-62-48-68(90-15)69(95-96(86,87)78(79,80)81)49-63(62)41-43-65-45-59(37-25-51-18-30-55(31-19-51)71(83)92-75(4,5)6)61(47-67(65)89-14)39-27-53-22-34-57(35-23-53)73(85)94-77(10,11)12/h16-23,28-35,44-49H,1-15H3. The third-order valence-corrected chi connectivity index (χ3v) is 13.5. The molecule has 0 saturated heterocycles. The number of esters is 4. The highest BCUT2D eigenvalue weighted by molar-refractivity contribution is 7.88. The van der Waals surface area contributed by atoms with E-state index in [1.807, 2.05) is 0 Å². The fraction of sp³-hybridized carbons (Fsp3) is 0.256. The Kier molecular flexibility index (Phi) is 22.4. The Morgan fingerprint density at radius 3 is 0.740 bits per heavy atom. The molecule has 0 amide bonds. The molecule has 0 aliphatic rings. The lowest BCUT2D eigenvalue weighted by molar-refractivity contribution is -0.0501. The van der Waals surface area contributed by atoms with Crippen LogP contribution in [0.4, 0.5) is 13.2 Å². The lowest BCUT2D eigenvalue weighted by Crippen LogP contribution is -2.28. The SMILES string of the molecule is COc1cc(C#Cc2ccc(C(=O)OC(C)(C)C)cc2)c(C#Cc2ccc(C(=O)OC(C)(C)C)cc2)cc1C#Cc1cc(OC)c(OS(=O)(=O)C(F)(F)F)cc1C#Cc1cc(C#Cc2ccc(C(=O)OC(C)(C)C)cc2)c(C#Cc2ccc(C(=O)OC(C)(C)C)cc2)cc1OC. The molecule has 0 saturated carbocycles. The molecule has 0 atom stereocenters. The van der Waals surface area contributed by atoms with Gasteiger partial charge in [-0.15, -0.1) is 0 Å². The molecule has 0 heterocycles. The quantitative estimate of drug-likeness (QED) is 0.0438. The van der Waals surface area contributed by atoms with Gasteiger partial charge in [-0.3, -0.25) is 0 Å². The molecule has 7 rings (SSSR count). The number of alkyl halides is 3. The monoisotopic (exact) mass is 1320 g/mol. The van der Waals surface area contributed by atoms with E-state index in [1.165, 1.54) is 14.2 Å². The second kappa shape index (κ2) is 29.8. The Morgan fingerprint density at radius 2 is 0.510 bits per heavy atom. The lowest BCUT2D eigenvalue weighted by atomic mass is 10.00. The van der Waals surface area contributed by atoms with Crippen molar-refractivity contribution in [2.45, 2.75) is 111 Å². The molecule has 0 spiro atoms. The fourth-order valence-electron chi connectivity index (χ4n) is 8.20. The van der Waals surface area contributed by atoms with Crippen molar-refractivity contribution in [3.63, 3.8) is 0 Å². The summed E-state index contributed by atoms with van der Waals surface area (Å²) < 4.78 is 111. The number of rotatable bonds is 9. The molecule has 0 aliphatic heterocycles. The number of hydrogen-bond donors (Lipinski definition) is 0. The highest BCUT2D eigenvalue weighted by Gasteiger charge is 2.49. The number of benzene rings is 7. The van der Waals surface area contributed by atoms with Crippen LogP contribution in [-0.2, 0) is 29.1 Å². The summed E-state index contributed by atoms with van der Waals surface area (Å²) in [5.41, 5.74) is -3.76. The van der Waals surface area contributed by atoms with Gasteiger partial charge in [0.2, 0.25) is 0 Å². The first-order chi connectivity index (χ1) is 44.9. The van der Waals surface area contributed by atoms with Crippen LogP contribution in [-0.4, -0.2) is 81.5 Å². The third-order valence-electron chi connectivity index (χ3n) is 12.6. The van der Waals surface area contributed by atoms with Crippen molar-refractivity contribution in [1.82, 2.24) is 0 Å². The van der Waals surface area contributed by atoms with Gasteiger partial charge in [0.1, 0.15) is 33.9 Å². The first-order valence-corrected chi connectivity index (χ1v) is 30.9. The maximum absolute atomic E-state index is 13.9.